The topological polar surface area (TPSA) is 169 Å². The summed E-state index contributed by atoms with van der Waals surface area (Å²) in [6.45, 7) is -1.07. The molecule has 0 radical (unpaired) electrons. The van der Waals surface area contributed by atoms with E-state index >= 15 is 0 Å². The average Bonchev–Trinajstić information content (AvgIpc) is 2.58. The van der Waals surface area contributed by atoms with E-state index in [4.69, 9.17) is 14.2 Å². The molecule has 2 heterocycles. The number of ether oxygens (including phenoxy) is 3. The molecule has 2 fully saturated rings. The quantitative estimate of drug-likeness (QED) is 0.258. The van der Waals surface area contributed by atoms with E-state index in [2.05, 4.69) is 0 Å². The van der Waals surface area contributed by atoms with Gasteiger partial charge in [-0.1, -0.05) is 0 Å². The Kier molecular flexibility index (Phi) is 6.90. The van der Waals surface area contributed by atoms with Gasteiger partial charge in [0, 0.05) is 13.0 Å². The van der Waals surface area contributed by atoms with Crippen molar-refractivity contribution < 1.29 is 50.0 Å². The van der Waals surface area contributed by atoms with Gasteiger partial charge in [0.1, 0.15) is 36.6 Å². The van der Waals surface area contributed by atoms with Crippen molar-refractivity contribution in [1.82, 2.24) is 0 Å². The molecule has 2 saturated heterocycles. The van der Waals surface area contributed by atoms with E-state index in [1.807, 2.05) is 0 Å². The van der Waals surface area contributed by atoms with Crippen molar-refractivity contribution in [1.29, 1.82) is 0 Å². The Hall–Kier alpha value is -0.400. The van der Waals surface area contributed by atoms with Crippen molar-refractivity contribution >= 4 is 0 Å². The molecule has 7 N–H and O–H groups in total. The van der Waals surface area contributed by atoms with Gasteiger partial charge in [0.05, 0.1) is 25.4 Å². The van der Waals surface area contributed by atoms with Crippen molar-refractivity contribution in [3.63, 3.8) is 0 Å². The minimum absolute atomic E-state index is 0.108. The van der Waals surface area contributed by atoms with E-state index in [0.717, 1.165) is 0 Å². The molecule has 10 nitrogen and oxygen atoms in total. The summed E-state index contributed by atoms with van der Waals surface area (Å²) >= 11 is 0. The molecule has 0 saturated carbocycles. The van der Waals surface area contributed by atoms with Gasteiger partial charge in [-0.15, -0.1) is 0 Å². The summed E-state index contributed by atoms with van der Waals surface area (Å²) < 4.78 is 15.6. The fraction of sp³-hybridized carbons (Fsp3) is 1.00. The molecule has 0 aromatic heterocycles. The summed E-state index contributed by atoms with van der Waals surface area (Å²) in [7, 11) is 1.30. The lowest BCUT2D eigenvalue weighted by molar-refractivity contribution is -0.293. The second-order valence-corrected chi connectivity index (χ2v) is 6.21. The van der Waals surface area contributed by atoms with E-state index in [9.17, 15) is 35.7 Å². The van der Waals surface area contributed by atoms with Crippen LogP contribution in [0, 0.1) is 5.92 Å². The first-order valence-electron chi connectivity index (χ1n) is 7.81. The molecule has 0 amide bonds. The summed E-state index contributed by atoms with van der Waals surface area (Å²) in [6.07, 6.45) is -11.3. The molecule has 0 aliphatic carbocycles. The van der Waals surface area contributed by atoms with Crippen LogP contribution in [0.3, 0.4) is 0 Å². The van der Waals surface area contributed by atoms with Crippen molar-refractivity contribution in [3.05, 3.63) is 0 Å². The summed E-state index contributed by atoms with van der Waals surface area (Å²) in [5, 5.41) is 68.7. The van der Waals surface area contributed by atoms with Gasteiger partial charge in [-0.3, -0.25) is 0 Å². The number of rotatable bonds is 5. The van der Waals surface area contributed by atoms with Crippen LogP contribution in [0.4, 0.5) is 0 Å². The summed E-state index contributed by atoms with van der Waals surface area (Å²) in [5.41, 5.74) is 0. The molecule has 142 valence electrons. The Bertz CT molecular complexity index is 378. The highest BCUT2D eigenvalue weighted by Gasteiger charge is 2.49. The summed E-state index contributed by atoms with van der Waals surface area (Å²) in [5.74, 6) is -0.887. The average molecular weight is 354 g/mol. The Morgan fingerprint density at radius 1 is 0.708 bits per heavy atom. The SMILES string of the molecule is CO[C@H]1O[C@H](CO)[C@@H](O)[C@@H](C[C@@H]2O[C@H](CO)[C@@H](O)[C@H](O)[C@H]2O)[C@H]1O. The van der Waals surface area contributed by atoms with E-state index in [-0.39, 0.29) is 6.42 Å². The van der Waals surface area contributed by atoms with E-state index in [0.29, 0.717) is 0 Å². The van der Waals surface area contributed by atoms with Crippen molar-refractivity contribution in [2.45, 2.75) is 61.5 Å². The predicted molar refractivity (Wildman–Crippen MR) is 76.6 cm³/mol. The van der Waals surface area contributed by atoms with Crippen LogP contribution in [0.5, 0.6) is 0 Å². The van der Waals surface area contributed by atoms with Gasteiger partial charge < -0.3 is 50.0 Å². The molecule has 10 atom stereocenters. The van der Waals surface area contributed by atoms with Crippen LogP contribution in [-0.2, 0) is 14.2 Å². The molecule has 0 aromatic rings. The third-order valence-electron chi connectivity index (χ3n) is 4.75. The highest BCUT2D eigenvalue weighted by molar-refractivity contribution is 4.96. The number of aliphatic hydroxyl groups is 7. The van der Waals surface area contributed by atoms with Crippen LogP contribution >= 0.6 is 0 Å². The number of aliphatic hydroxyl groups excluding tert-OH is 7. The first-order chi connectivity index (χ1) is 11.3. The Morgan fingerprint density at radius 3 is 1.79 bits per heavy atom. The van der Waals surface area contributed by atoms with Gasteiger partial charge in [-0.25, -0.2) is 0 Å². The normalized spacial score (nSPS) is 50.0. The second-order valence-electron chi connectivity index (χ2n) is 6.21. The minimum atomic E-state index is -1.54. The van der Waals surface area contributed by atoms with Crippen molar-refractivity contribution in [3.8, 4) is 0 Å². The van der Waals surface area contributed by atoms with Gasteiger partial charge in [0.15, 0.2) is 6.29 Å². The molecule has 0 bridgehead atoms. The van der Waals surface area contributed by atoms with E-state index < -0.39 is 74.3 Å². The highest BCUT2D eigenvalue weighted by Crippen LogP contribution is 2.33. The molecule has 2 aliphatic rings. The van der Waals surface area contributed by atoms with Crippen LogP contribution in [0.2, 0.25) is 0 Å². The molecule has 0 unspecified atom stereocenters. The Balaban J connectivity index is 2.14. The maximum absolute atomic E-state index is 10.3. The fourth-order valence-electron chi connectivity index (χ4n) is 3.28. The van der Waals surface area contributed by atoms with Crippen LogP contribution in [0.15, 0.2) is 0 Å². The smallest absolute Gasteiger partial charge is 0.184 e. The Morgan fingerprint density at radius 2 is 1.25 bits per heavy atom. The fourth-order valence-corrected chi connectivity index (χ4v) is 3.28. The van der Waals surface area contributed by atoms with Gasteiger partial charge in [-0.05, 0) is 6.42 Å². The molecule has 2 aliphatic heterocycles. The van der Waals surface area contributed by atoms with Crippen LogP contribution < -0.4 is 0 Å². The first-order valence-corrected chi connectivity index (χ1v) is 7.81. The van der Waals surface area contributed by atoms with E-state index in [1.165, 1.54) is 7.11 Å². The maximum atomic E-state index is 10.3. The lowest BCUT2D eigenvalue weighted by atomic mass is 9.81. The minimum Gasteiger partial charge on any atom is -0.394 e. The first kappa shape index (κ1) is 19.9. The molecule has 0 aromatic carbocycles. The second kappa shape index (κ2) is 8.32. The standard InChI is InChI=1S/C14H26O10/c1-22-14-10(18)5(9(17)7(3-15)24-14)2-6-11(19)13(21)12(20)8(4-16)23-6/h5-21H,2-4H2,1H3/t5-,6+,7-,8-,9+,10-,11+,12-,13-,14+/m1/s1. The third-order valence-corrected chi connectivity index (χ3v) is 4.75. The lowest BCUT2D eigenvalue weighted by Gasteiger charge is -2.45. The van der Waals surface area contributed by atoms with Gasteiger partial charge >= 0.3 is 0 Å². The monoisotopic (exact) mass is 354 g/mol. The number of methoxy groups -OCH3 is 1. The summed E-state index contributed by atoms with van der Waals surface area (Å²) in [6, 6.07) is 0. The van der Waals surface area contributed by atoms with Crippen LogP contribution in [-0.4, -0.2) is 111 Å². The van der Waals surface area contributed by atoms with Crippen molar-refractivity contribution in [2.75, 3.05) is 20.3 Å². The number of hydrogen-bond acceptors (Lipinski definition) is 10. The predicted octanol–water partition coefficient (Wildman–Crippen LogP) is -4.08. The number of hydrogen-bond donors (Lipinski definition) is 7. The maximum Gasteiger partial charge on any atom is 0.184 e. The lowest BCUT2D eigenvalue weighted by Crippen LogP contribution is -2.61. The van der Waals surface area contributed by atoms with E-state index in [1.54, 1.807) is 0 Å². The Labute approximate surface area is 138 Å². The molecule has 24 heavy (non-hydrogen) atoms. The zero-order chi connectivity index (χ0) is 18.0. The van der Waals surface area contributed by atoms with Gasteiger partial charge in [0.25, 0.3) is 0 Å². The van der Waals surface area contributed by atoms with Crippen LogP contribution in [0.1, 0.15) is 6.42 Å². The van der Waals surface area contributed by atoms with Crippen molar-refractivity contribution in [2.24, 2.45) is 5.92 Å². The molecule has 0 spiro atoms. The molecular weight excluding hydrogens is 328 g/mol. The van der Waals surface area contributed by atoms with Gasteiger partial charge in [0.2, 0.25) is 0 Å². The third kappa shape index (κ3) is 3.73. The highest BCUT2D eigenvalue weighted by atomic mass is 16.7. The van der Waals surface area contributed by atoms with Gasteiger partial charge in [-0.2, -0.15) is 0 Å². The zero-order valence-electron chi connectivity index (χ0n) is 13.3. The molecule has 2 rings (SSSR count). The molecular formula is C14H26O10. The largest absolute Gasteiger partial charge is 0.394 e. The zero-order valence-corrected chi connectivity index (χ0v) is 13.3. The molecule has 10 heteroatoms. The van der Waals surface area contributed by atoms with Crippen LogP contribution in [0.25, 0.3) is 0 Å². The summed E-state index contributed by atoms with van der Waals surface area (Å²) in [4.78, 5) is 0.